The lowest BCUT2D eigenvalue weighted by Gasteiger charge is -2.10. The van der Waals surface area contributed by atoms with Gasteiger partial charge in [0.1, 0.15) is 0 Å². The first-order valence-electron chi connectivity index (χ1n) is 3.88. The highest BCUT2D eigenvalue weighted by molar-refractivity contribution is 5.27. The fourth-order valence-electron chi connectivity index (χ4n) is 0.800. The lowest BCUT2D eigenvalue weighted by Crippen LogP contribution is -2.09. The first-order valence-corrected chi connectivity index (χ1v) is 3.38. The lowest BCUT2D eigenvalue weighted by molar-refractivity contribution is -0.143. The maximum absolute atomic E-state index is 12.1. The fourth-order valence-corrected chi connectivity index (χ4v) is 0.800. The molecule has 0 spiro atoms. The van der Waals surface area contributed by atoms with Crippen LogP contribution in [0.2, 0.25) is 0 Å². The van der Waals surface area contributed by atoms with E-state index in [9.17, 15) is 26.3 Å². The minimum Gasteiger partial charge on any atom is -0.166 e. The zero-order chi connectivity index (χ0) is 11.9. The Morgan fingerprint density at radius 2 is 1.21 bits per heavy atom. The van der Waals surface area contributed by atoms with E-state index in [0.29, 0.717) is 18.2 Å². The molecule has 0 aromatic heterocycles. The summed E-state index contributed by atoms with van der Waals surface area (Å²) in [5.41, 5.74) is -3.17. The highest BCUT2D eigenvalue weighted by Crippen LogP contribution is 2.34. The van der Waals surface area contributed by atoms with Crippen LogP contribution in [0.15, 0.2) is 24.2 Å². The highest BCUT2D eigenvalue weighted by atomic mass is 19.4. The molecule has 78 valence electrons. The van der Waals surface area contributed by atoms with Crippen molar-refractivity contribution in [3.8, 4) is 0 Å². The van der Waals surface area contributed by atoms with E-state index in [4.69, 9.17) is 1.37 Å². The van der Waals surface area contributed by atoms with Crippen LogP contribution >= 0.6 is 0 Å². The van der Waals surface area contributed by atoms with Gasteiger partial charge in [0.2, 0.25) is 0 Å². The third-order valence-corrected chi connectivity index (χ3v) is 1.41. The largest absolute Gasteiger partial charge is 0.416 e. The third kappa shape index (κ3) is 2.40. The molecule has 0 nitrogen and oxygen atoms in total. The van der Waals surface area contributed by atoms with E-state index in [1.165, 1.54) is 0 Å². The third-order valence-electron chi connectivity index (χ3n) is 1.41. The summed E-state index contributed by atoms with van der Waals surface area (Å²) in [5, 5.41) is 0. The van der Waals surface area contributed by atoms with Gasteiger partial charge in [0.15, 0.2) is 0 Å². The molecule has 0 bridgehead atoms. The van der Waals surface area contributed by atoms with Crippen molar-refractivity contribution in [2.75, 3.05) is 0 Å². The van der Waals surface area contributed by atoms with Gasteiger partial charge in [-0.25, -0.2) is 0 Å². The van der Waals surface area contributed by atoms with Crippen LogP contribution in [-0.2, 0) is 12.4 Å². The van der Waals surface area contributed by atoms with Crippen molar-refractivity contribution in [2.24, 2.45) is 0 Å². The quantitative estimate of drug-likeness (QED) is 0.578. The van der Waals surface area contributed by atoms with Crippen LogP contribution in [0.3, 0.4) is 0 Å². The minimum atomic E-state index is -4.95. The Balaban J connectivity index is 3.37. The second kappa shape index (κ2) is 3.18. The molecule has 0 radical (unpaired) electrons. The SMILES string of the molecule is [2H]c1c(C(F)(F)F)cccc1C(F)(F)F. The monoisotopic (exact) mass is 215 g/mol. The number of halogens is 6. The highest BCUT2D eigenvalue weighted by Gasteiger charge is 2.35. The smallest absolute Gasteiger partial charge is 0.166 e. The van der Waals surface area contributed by atoms with E-state index in [1.807, 2.05) is 0 Å². The standard InChI is InChI=1S/C8H4F6/c9-7(10,11)5-2-1-3-6(4-5)8(12,13)14/h1-4H/i4D. The molecule has 1 rings (SSSR count). The topological polar surface area (TPSA) is 0 Å². The summed E-state index contributed by atoms with van der Waals surface area (Å²) in [6, 6.07) is -0.0313. The van der Waals surface area contributed by atoms with Crippen LogP contribution in [0.25, 0.3) is 0 Å². The molecule has 14 heavy (non-hydrogen) atoms. The molecule has 0 saturated carbocycles. The van der Waals surface area contributed by atoms with E-state index in [2.05, 4.69) is 0 Å². The van der Waals surface area contributed by atoms with Crippen molar-refractivity contribution >= 4 is 0 Å². The van der Waals surface area contributed by atoms with Gasteiger partial charge in [-0.2, -0.15) is 26.3 Å². The van der Waals surface area contributed by atoms with Crippen molar-refractivity contribution in [2.45, 2.75) is 12.4 Å². The van der Waals surface area contributed by atoms with Crippen molar-refractivity contribution < 1.29 is 27.7 Å². The van der Waals surface area contributed by atoms with Crippen molar-refractivity contribution in [3.63, 3.8) is 0 Å². The van der Waals surface area contributed by atoms with Gasteiger partial charge in [0.05, 0.1) is 12.5 Å². The summed E-state index contributed by atoms with van der Waals surface area (Å²) in [6.45, 7) is 0. The van der Waals surface area contributed by atoms with Gasteiger partial charge in [-0.05, 0) is 18.2 Å². The Labute approximate surface area is 76.6 Å². The molecule has 0 fully saturated rings. The van der Waals surface area contributed by atoms with Crippen LogP contribution in [0, 0.1) is 0 Å². The average molecular weight is 215 g/mol. The summed E-state index contributed by atoms with van der Waals surface area (Å²) in [7, 11) is 0. The molecular weight excluding hydrogens is 210 g/mol. The van der Waals surface area contributed by atoms with Crippen molar-refractivity contribution in [1.82, 2.24) is 0 Å². The minimum absolute atomic E-state index is 0.442. The Hall–Kier alpha value is -1.20. The second-order valence-electron chi connectivity index (χ2n) is 2.47. The predicted molar refractivity (Wildman–Crippen MR) is 36.4 cm³/mol. The zero-order valence-corrected chi connectivity index (χ0v) is 6.50. The molecule has 0 saturated heterocycles. The van der Waals surface area contributed by atoms with Gasteiger partial charge in [0, 0.05) is 0 Å². The maximum Gasteiger partial charge on any atom is 0.416 e. The molecule has 0 amide bonds. The van der Waals surface area contributed by atoms with Crippen LogP contribution in [-0.4, -0.2) is 0 Å². The summed E-state index contributed by atoms with van der Waals surface area (Å²) >= 11 is 0. The van der Waals surface area contributed by atoms with E-state index in [-0.39, 0.29) is 0 Å². The summed E-state index contributed by atoms with van der Waals surface area (Å²) < 4.78 is 79.6. The Morgan fingerprint density at radius 3 is 1.50 bits per heavy atom. The van der Waals surface area contributed by atoms with E-state index >= 15 is 0 Å². The van der Waals surface area contributed by atoms with Crippen molar-refractivity contribution in [1.29, 1.82) is 0 Å². The molecule has 1 aromatic carbocycles. The maximum atomic E-state index is 12.1. The number of hydrogen-bond acceptors (Lipinski definition) is 0. The molecule has 0 aliphatic carbocycles. The number of rotatable bonds is 0. The van der Waals surface area contributed by atoms with Gasteiger partial charge < -0.3 is 0 Å². The normalized spacial score (nSPS) is 14.0. The Morgan fingerprint density at radius 1 is 0.857 bits per heavy atom. The first-order chi connectivity index (χ1) is 6.64. The molecule has 0 unspecified atom stereocenters. The Kier molecular flexibility index (Phi) is 2.13. The Bertz CT molecular complexity index is 332. The molecule has 0 aliphatic rings. The van der Waals surface area contributed by atoms with Gasteiger partial charge in [-0.1, -0.05) is 6.07 Å². The lowest BCUT2D eigenvalue weighted by atomic mass is 10.1. The number of benzene rings is 1. The van der Waals surface area contributed by atoms with E-state index in [1.54, 1.807) is 0 Å². The fraction of sp³-hybridized carbons (Fsp3) is 0.250. The molecule has 0 atom stereocenters. The predicted octanol–water partition coefficient (Wildman–Crippen LogP) is 3.72. The second-order valence-corrected chi connectivity index (χ2v) is 2.47. The number of hydrogen-bond donors (Lipinski definition) is 0. The van der Waals surface area contributed by atoms with Gasteiger partial charge >= 0.3 is 12.4 Å². The molecule has 6 heteroatoms. The first kappa shape index (κ1) is 9.36. The summed E-state index contributed by atoms with van der Waals surface area (Å²) in [5.74, 6) is 0. The van der Waals surface area contributed by atoms with Crippen LogP contribution in [0.4, 0.5) is 26.3 Å². The van der Waals surface area contributed by atoms with E-state index < -0.39 is 29.5 Å². The molecule has 0 heterocycles. The zero-order valence-electron chi connectivity index (χ0n) is 7.50. The van der Waals surface area contributed by atoms with Crippen molar-refractivity contribution in [3.05, 3.63) is 35.4 Å². The van der Waals surface area contributed by atoms with Crippen LogP contribution < -0.4 is 0 Å². The molecule has 0 N–H and O–H groups in total. The molecule has 1 aromatic rings. The molecule has 0 aliphatic heterocycles. The van der Waals surface area contributed by atoms with Crippen LogP contribution in [0.1, 0.15) is 12.5 Å². The average Bonchev–Trinajstić information content (AvgIpc) is 1.99. The summed E-state index contributed by atoms with van der Waals surface area (Å²) in [4.78, 5) is 0. The van der Waals surface area contributed by atoms with Crippen LogP contribution in [0.5, 0.6) is 0 Å². The van der Waals surface area contributed by atoms with Gasteiger partial charge in [-0.3, -0.25) is 0 Å². The van der Waals surface area contributed by atoms with E-state index in [0.717, 1.165) is 0 Å². The number of alkyl halides is 6. The van der Waals surface area contributed by atoms with Gasteiger partial charge in [-0.15, -0.1) is 0 Å². The van der Waals surface area contributed by atoms with Gasteiger partial charge in [0.25, 0.3) is 0 Å². The molecular formula is C8H4F6. The summed E-state index contributed by atoms with van der Waals surface area (Å²) in [6.07, 6.45) is -9.89.